The van der Waals surface area contributed by atoms with Crippen LogP contribution in [0.25, 0.3) is 0 Å². The van der Waals surface area contributed by atoms with Crippen LogP contribution < -0.4 is 5.32 Å². The van der Waals surface area contributed by atoms with Crippen LogP contribution in [-0.4, -0.2) is 12.5 Å². The number of hydrogen-bond acceptors (Lipinski definition) is 3. The van der Waals surface area contributed by atoms with Crippen LogP contribution in [0.2, 0.25) is 0 Å². The lowest BCUT2D eigenvalue weighted by Crippen LogP contribution is -2.26. The van der Waals surface area contributed by atoms with Crippen LogP contribution >= 0.6 is 24.0 Å². The van der Waals surface area contributed by atoms with Crippen LogP contribution in [0.1, 0.15) is 48.7 Å². The van der Waals surface area contributed by atoms with Gasteiger partial charge in [0.25, 0.3) is 5.91 Å². The van der Waals surface area contributed by atoms with Crippen LogP contribution in [0.4, 0.5) is 0 Å². The SMILES string of the molecule is CC1CCC(CCNC(=O)c2cc(S)cs2)CC1. The molecule has 1 saturated carbocycles. The maximum Gasteiger partial charge on any atom is 0.261 e. The molecule has 0 unspecified atom stereocenters. The second-order valence-electron chi connectivity index (χ2n) is 5.34. The van der Waals surface area contributed by atoms with E-state index >= 15 is 0 Å². The van der Waals surface area contributed by atoms with E-state index in [-0.39, 0.29) is 5.91 Å². The number of thiol groups is 1. The van der Waals surface area contributed by atoms with Crippen molar-refractivity contribution in [3.63, 3.8) is 0 Å². The molecule has 2 nitrogen and oxygen atoms in total. The van der Waals surface area contributed by atoms with Crippen molar-refractivity contribution in [2.24, 2.45) is 11.8 Å². The Balaban J connectivity index is 1.67. The smallest absolute Gasteiger partial charge is 0.261 e. The highest BCUT2D eigenvalue weighted by Crippen LogP contribution is 2.29. The molecular weight excluding hydrogens is 262 g/mol. The lowest BCUT2D eigenvalue weighted by molar-refractivity contribution is 0.0953. The largest absolute Gasteiger partial charge is 0.351 e. The second-order valence-corrected chi connectivity index (χ2v) is 6.77. The van der Waals surface area contributed by atoms with Gasteiger partial charge in [-0.25, -0.2) is 0 Å². The normalized spacial score (nSPS) is 23.9. The minimum absolute atomic E-state index is 0.0458. The molecule has 100 valence electrons. The summed E-state index contributed by atoms with van der Waals surface area (Å²) in [5, 5.41) is 4.90. The van der Waals surface area contributed by atoms with Gasteiger partial charge < -0.3 is 5.32 Å². The number of nitrogens with one attached hydrogen (secondary N) is 1. The van der Waals surface area contributed by atoms with Gasteiger partial charge in [-0.15, -0.1) is 24.0 Å². The molecule has 1 aromatic heterocycles. The van der Waals surface area contributed by atoms with Gasteiger partial charge in [-0.2, -0.15) is 0 Å². The van der Waals surface area contributed by atoms with E-state index in [0.29, 0.717) is 0 Å². The molecule has 1 aromatic rings. The lowest BCUT2D eigenvalue weighted by Gasteiger charge is -2.26. The predicted octanol–water partition coefficient (Wildman–Crippen LogP) is 3.98. The van der Waals surface area contributed by atoms with Gasteiger partial charge in [0, 0.05) is 16.8 Å². The summed E-state index contributed by atoms with van der Waals surface area (Å²) >= 11 is 5.67. The fourth-order valence-corrected chi connectivity index (χ4v) is 3.60. The maximum atomic E-state index is 11.8. The fourth-order valence-electron chi connectivity index (χ4n) is 2.54. The van der Waals surface area contributed by atoms with Crippen molar-refractivity contribution in [3.05, 3.63) is 16.3 Å². The van der Waals surface area contributed by atoms with Crippen LogP contribution in [0.3, 0.4) is 0 Å². The van der Waals surface area contributed by atoms with E-state index in [2.05, 4.69) is 24.9 Å². The zero-order chi connectivity index (χ0) is 13.0. The van der Waals surface area contributed by atoms with Crippen molar-refractivity contribution in [3.8, 4) is 0 Å². The predicted molar refractivity (Wildman–Crippen MR) is 79.6 cm³/mol. The Bertz CT molecular complexity index is 394. The summed E-state index contributed by atoms with van der Waals surface area (Å²) in [7, 11) is 0. The Labute approximate surface area is 119 Å². The minimum atomic E-state index is 0.0458. The molecule has 0 aromatic carbocycles. The minimum Gasteiger partial charge on any atom is -0.351 e. The summed E-state index contributed by atoms with van der Waals surface area (Å²) in [4.78, 5) is 13.4. The molecule has 0 spiro atoms. The number of carbonyl (C=O) groups excluding carboxylic acids is 1. The second kappa shape index (κ2) is 6.62. The number of amides is 1. The van der Waals surface area contributed by atoms with E-state index < -0.39 is 0 Å². The molecular formula is C14H21NOS2. The van der Waals surface area contributed by atoms with Crippen LogP contribution in [0.5, 0.6) is 0 Å². The van der Waals surface area contributed by atoms with Crippen molar-refractivity contribution in [2.45, 2.75) is 43.9 Å². The number of thiophene rings is 1. The molecule has 1 heterocycles. The lowest BCUT2D eigenvalue weighted by atomic mass is 9.81. The Morgan fingerprint density at radius 3 is 2.78 bits per heavy atom. The van der Waals surface area contributed by atoms with Gasteiger partial charge in [0.1, 0.15) is 0 Å². The molecule has 18 heavy (non-hydrogen) atoms. The van der Waals surface area contributed by atoms with Gasteiger partial charge in [-0.3, -0.25) is 4.79 Å². The molecule has 0 radical (unpaired) electrons. The van der Waals surface area contributed by atoms with Gasteiger partial charge in [0.15, 0.2) is 0 Å². The molecule has 1 aliphatic carbocycles. The zero-order valence-corrected chi connectivity index (χ0v) is 12.5. The van der Waals surface area contributed by atoms with Gasteiger partial charge in [0.2, 0.25) is 0 Å². The van der Waals surface area contributed by atoms with Gasteiger partial charge in [-0.1, -0.05) is 32.6 Å². The number of hydrogen-bond donors (Lipinski definition) is 2. The fraction of sp³-hybridized carbons (Fsp3) is 0.643. The van der Waals surface area contributed by atoms with Crippen LogP contribution in [-0.2, 0) is 0 Å². The Kier molecular flexibility index (Phi) is 5.13. The van der Waals surface area contributed by atoms with Crippen molar-refractivity contribution in [1.29, 1.82) is 0 Å². The summed E-state index contributed by atoms with van der Waals surface area (Å²) in [6, 6.07) is 1.82. The molecule has 2 rings (SSSR count). The zero-order valence-electron chi connectivity index (χ0n) is 10.8. The van der Waals surface area contributed by atoms with Crippen molar-refractivity contribution < 1.29 is 4.79 Å². The Hall–Kier alpha value is -0.480. The first-order valence-corrected chi connectivity index (χ1v) is 8.03. The highest BCUT2D eigenvalue weighted by Gasteiger charge is 2.18. The average molecular weight is 283 g/mol. The van der Waals surface area contributed by atoms with E-state index in [0.717, 1.165) is 34.6 Å². The van der Waals surface area contributed by atoms with Gasteiger partial charge in [-0.05, 0) is 24.3 Å². The molecule has 1 N–H and O–H groups in total. The highest BCUT2D eigenvalue weighted by atomic mass is 32.1. The van der Waals surface area contributed by atoms with Crippen LogP contribution in [0.15, 0.2) is 16.3 Å². The molecule has 0 bridgehead atoms. The summed E-state index contributed by atoms with van der Waals surface area (Å²) < 4.78 is 0. The van der Waals surface area contributed by atoms with Crippen molar-refractivity contribution in [2.75, 3.05) is 6.54 Å². The summed E-state index contributed by atoms with van der Waals surface area (Å²) in [5.74, 6) is 1.76. The van der Waals surface area contributed by atoms with Crippen molar-refractivity contribution >= 4 is 29.9 Å². The van der Waals surface area contributed by atoms with Crippen molar-refractivity contribution in [1.82, 2.24) is 5.32 Å². The standard InChI is InChI=1S/C14H21NOS2/c1-10-2-4-11(5-3-10)6-7-15-14(16)13-8-12(17)9-18-13/h8-11,17H,2-7H2,1H3,(H,15,16). The topological polar surface area (TPSA) is 29.1 Å². The number of carbonyl (C=O) groups is 1. The number of rotatable bonds is 4. The van der Waals surface area contributed by atoms with E-state index in [1.54, 1.807) is 0 Å². The van der Waals surface area contributed by atoms with Crippen LogP contribution in [0, 0.1) is 11.8 Å². The summed E-state index contributed by atoms with van der Waals surface area (Å²) in [5.41, 5.74) is 0. The van der Waals surface area contributed by atoms with E-state index in [9.17, 15) is 4.79 Å². The molecule has 0 atom stereocenters. The van der Waals surface area contributed by atoms with E-state index in [4.69, 9.17) is 0 Å². The summed E-state index contributed by atoms with van der Waals surface area (Å²) in [6.07, 6.45) is 6.49. The third kappa shape index (κ3) is 4.02. The first-order valence-electron chi connectivity index (χ1n) is 6.71. The molecule has 4 heteroatoms. The Morgan fingerprint density at radius 1 is 1.44 bits per heavy atom. The van der Waals surface area contributed by atoms with Gasteiger partial charge >= 0.3 is 0 Å². The average Bonchev–Trinajstić information content (AvgIpc) is 2.78. The third-order valence-corrected chi connectivity index (χ3v) is 5.14. The maximum absolute atomic E-state index is 11.8. The Morgan fingerprint density at radius 2 is 2.17 bits per heavy atom. The summed E-state index contributed by atoms with van der Waals surface area (Å²) in [6.45, 7) is 3.14. The molecule has 1 amide bonds. The highest BCUT2D eigenvalue weighted by molar-refractivity contribution is 7.80. The van der Waals surface area contributed by atoms with E-state index in [1.807, 2.05) is 11.4 Å². The van der Waals surface area contributed by atoms with Gasteiger partial charge in [0.05, 0.1) is 4.88 Å². The third-order valence-electron chi connectivity index (χ3n) is 3.78. The quantitative estimate of drug-likeness (QED) is 0.804. The monoisotopic (exact) mass is 283 g/mol. The molecule has 1 fully saturated rings. The molecule has 0 aliphatic heterocycles. The van der Waals surface area contributed by atoms with E-state index in [1.165, 1.54) is 37.0 Å². The first kappa shape index (κ1) is 13.9. The first-order chi connectivity index (χ1) is 8.65. The molecule has 0 saturated heterocycles. The molecule has 1 aliphatic rings.